The lowest BCUT2D eigenvalue weighted by Gasteiger charge is -2.48. The Labute approximate surface area is 205 Å². The summed E-state index contributed by atoms with van der Waals surface area (Å²) in [4.78, 5) is 2.42. The van der Waals surface area contributed by atoms with Gasteiger partial charge in [0.15, 0.2) is 17.2 Å². The SMILES string of the molecule is OC1=C2C=C3C=C[N+]2(C(c2ccccc2)=C1c1ccccc1)C31C=CC=CN1Cc1ccccc1. The van der Waals surface area contributed by atoms with Gasteiger partial charge >= 0.3 is 0 Å². The van der Waals surface area contributed by atoms with Crippen molar-refractivity contribution in [2.45, 2.75) is 12.2 Å². The summed E-state index contributed by atoms with van der Waals surface area (Å²) in [7, 11) is 0. The van der Waals surface area contributed by atoms with Gasteiger partial charge in [-0.25, -0.2) is 0 Å². The number of nitrogens with zero attached hydrogens (tertiary/aromatic N) is 2. The van der Waals surface area contributed by atoms with Crippen molar-refractivity contribution in [3.05, 3.63) is 167 Å². The van der Waals surface area contributed by atoms with Crippen LogP contribution in [-0.2, 0) is 6.54 Å². The van der Waals surface area contributed by atoms with Gasteiger partial charge < -0.3 is 10.0 Å². The van der Waals surface area contributed by atoms with E-state index in [0.29, 0.717) is 10.2 Å². The topological polar surface area (TPSA) is 23.5 Å². The normalized spacial score (nSPS) is 25.7. The van der Waals surface area contributed by atoms with E-state index in [1.165, 1.54) is 11.1 Å². The maximum atomic E-state index is 11.8. The van der Waals surface area contributed by atoms with Crippen LogP contribution < -0.4 is 0 Å². The van der Waals surface area contributed by atoms with Gasteiger partial charge in [0, 0.05) is 36.5 Å². The second-order valence-electron chi connectivity index (χ2n) is 9.37. The van der Waals surface area contributed by atoms with E-state index in [4.69, 9.17) is 0 Å². The maximum absolute atomic E-state index is 11.8. The fourth-order valence-electron chi connectivity index (χ4n) is 6.23. The Balaban J connectivity index is 1.51. The van der Waals surface area contributed by atoms with Crippen LogP contribution in [0.15, 0.2) is 151 Å². The molecule has 4 heterocycles. The van der Waals surface area contributed by atoms with Crippen LogP contribution in [0.1, 0.15) is 16.7 Å². The molecule has 1 N–H and O–H groups in total. The minimum Gasteiger partial charge on any atom is -0.502 e. The van der Waals surface area contributed by atoms with Gasteiger partial charge in [-0.2, -0.15) is 4.48 Å². The molecular formula is C32H25N2O+. The molecule has 0 radical (unpaired) electrons. The van der Waals surface area contributed by atoms with Gasteiger partial charge in [0.05, 0.1) is 11.1 Å². The van der Waals surface area contributed by atoms with E-state index >= 15 is 0 Å². The number of hydrogen-bond acceptors (Lipinski definition) is 2. The van der Waals surface area contributed by atoms with E-state index in [9.17, 15) is 5.11 Å². The van der Waals surface area contributed by atoms with Crippen molar-refractivity contribution in [1.29, 1.82) is 0 Å². The summed E-state index contributed by atoms with van der Waals surface area (Å²) in [6.07, 6.45) is 15.4. The third-order valence-electron chi connectivity index (χ3n) is 7.63. The van der Waals surface area contributed by atoms with Crippen molar-refractivity contribution in [1.82, 2.24) is 4.90 Å². The van der Waals surface area contributed by atoms with Crippen LogP contribution in [0.25, 0.3) is 11.3 Å². The first kappa shape index (κ1) is 20.1. The lowest BCUT2D eigenvalue weighted by Crippen LogP contribution is -2.61. The molecule has 0 amide bonds. The molecule has 4 aliphatic heterocycles. The minimum absolute atomic E-state index is 0.358. The molecule has 3 aromatic carbocycles. The molecule has 35 heavy (non-hydrogen) atoms. The molecule has 3 heteroatoms. The largest absolute Gasteiger partial charge is 0.502 e. The zero-order valence-corrected chi connectivity index (χ0v) is 19.3. The van der Waals surface area contributed by atoms with E-state index in [1.807, 2.05) is 24.3 Å². The van der Waals surface area contributed by atoms with Crippen LogP contribution in [0, 0.1) is 0 Å². The van der Waals surface area contributed by atoms with Crippen LogP contribution in [-0.4, -0.2) is 20.2 Å². The van der Waals surface area contributed by atoms with Crippen LogP contribution in [0.4, 0.5) is 0 Å². The Bertz CT molecular complexity index is 1510. The molecule has 168 valence electrons. The van der Waals surface area contributed by atoms with Crippen molar-refractivity contribution >= 4 is 11.3 Å². The first-order valence-electron chi connectivity index (χ1n) is 12.0. The zero-order chi connectivity index (χ0) is 23.5. The van der Waals surface area contributed by atoms with E-state index in [0.717, 1.165) is 34.6 Å². The number of benzene rings is 3. The monoisotopic (exact) mass is 453 g/mol. The van der Waals surface area contributed by atoms with Crippen LogP contribution in [0.2, 0.25) is 0 Å². The molecule has 0 aromatic heterocycles. The number of hydrogen-bond donors (Lipinski definition) is 1. The van der Waals surface area contributed by atoms with E-state index in [2.05, 4.69) is 114 Å². The quantitative estimate of drug-likeness (QED) is 0.434. The molecular weight excluding hydrogens is 428 g/mol. The summed E-state index contributed by atoms with van der Waals surface area (Å²) in [6.45, 7) is 0.761. The molecule has 2 atom stereocenters. The Kier molecular flexibility index (Phi) is 4.20. The van der Waals surface area contributed by atoms with Crippen molar-refractivity contribution in [2.75, 3.05) is 0 Å². The fourth-order valence-corrected chi connectivity index (χ4v) is 6.23. The van der Waals surface area contributed by atoms with Gasteiger partial charge in [0.1, 0.15) is 6.20 Å². The van der Waals surface area contributed by atoms with Crippen LogP contribution in [0.3, 0.4) is 0 Å². The molecule has 3 aromatic rings. The molecule has 0 saturated heterocycles. The average Bonchev–Trinajstić information content (AvgIpc) is 3.47. The lowest BCUT2D eigenvalue weighted by atomic mass is 9.92. The van der Waals surface area contributed by atoms with E-state index < -0.39 is 5.66 Å². The molecule has 0 fully saturated rings. The average molecular weight is 454 g/mol. The van der Waals surface area contributed by atoms with Gasteiger partial charge in [-0.1, -0.05) is 84.9 Å². The second-order valence-corrected chi connectivity index (χ2v) is 9.37. The summed E-state index contributed by atoms with van der Waals surface area (Å²) in [6, 6.07) is 31.4. The Morgan fingerprint density at radius 1 is 0.771 bits per heavy atom. The number of aliphatic hydroxyl groups excluding tert-OH is 1. The highest BCUT2D eigenvalue weighted by Gasteiger charge is 2.70. The van der Waals surface area contributed by atoms with Crippen molar-refractivity contribution in [3.8, 4) is 0 Å². The predicted molar refractivity (Wildman–Crippen MR) is 140 cm³/mol. The van der Waals surface area contributed by atoms with Crippen LogP contribution in [0.5, 0.6) is 0 Å². The predicted octanol–water partition coefficient (Wildman–Crippen LogP) is 6.90. The highest BCUT2D eigenvalue weighted by Crippen LogP contribution is 2.64. The maximum Gasteiger partial charge on any atom is 0.235 e. The summed E-state index contributed by atoms with van der Waals surface area (Å²) < 4.78 is 0.427. The van der Waals surface area contributed by atoms with Crippen molar-refractivity contribution < 1.29 is 9.59 Å². The smallest absolute Gasteiger partial charge is 0.235 e. The number of allylic oxidation sites excluding steroid dienone is 4. The van der Waals surface area contributed by atoms with Gasteiger partial charge in [0.2, 0.25) is 5.66 Å². The fraction of sp³-hybridized carbons (Fsp3) is 0.0625. The molecule has 3 nitrogen and oxygen atoms in total. The second kappa shape index (κ2) is 7.33. The number of aliphatic hydroxyl groups is 1. The molecule has 2 spiro atoms. The Morgan fingerprint density at radius 2 is 1.43 bits per heavy atom. The first-order chi connectivity index (χ1) is 17.3. The zero-order valence-electron chi connectivity index (χ0n) is 19.3. The first-order valence-corrected chi connectivity index (χ1v) is 12.0. The van der Waals surface area contributed by atoms with Gasteiger partial charge in [-0.3, -0.25) is 0 Å². The lowest BCUT2D eigenvalue weighted by molar-refractivity contribution is -0.811. The van der Waals surface area contributed by atoms with Crippen molar-refractivity contribution in [3.63, 3.8) is 0 Å². The highest BCUT2D eigenvalue weighted by atomic mass is 16.3. The third kappa shape index (κ3) is 2.53. The van der Waals surface area contributed by atoms with Gasteiger partial charge in [-0.15, -0.1) is 0 Å². The molecule has 0 aliphatic carbocycles. The summed E-state index contributed by atoms with van der Waals surface area (Å²) in [5.74, 6) is 0.358. The molecule has 2 unspecified atom stereocenters. The Hall–Kier alpha value is -4.34. The van der Waals surface area contributed by atoms with Crippen molar-refractivity contribution in [2.24, 2.45) is 0 Å². The third-order valence-corrected chi connectivity index (χ3v) is 7.63. The summed E-state index contributed by atoms with van der Waals surface area (Å²) in [5.41, 5.74) is 6.99. The summed E-state index contributed by atoms with van der Waals surface area (Å²) >= 11 is 0. The van der Waals surface area contributed by atoms with Gasteiger partial charge in [-0.05, 0) is 29.3 Å². The standard InChI is InChI=1S/C32H24N2O/c35-31-28-22-27-18-21-34(28,32(27)19-10-11-20-33(32)23-24-12-4-1-5-13-24)30(26-16-8-3-9-17-26)29(31)25-14-6-2-7-15-25/h1-22H,23H2/p+1. The van der Waals surface area contributed by atoms with Gasteiger partial charge in [0.25, 0.3) is 0 Å². The van der Waals surface area contributed by atoms with E-state index in [-0.39, 0.29) is 0 Å². The van der Waals surface area contributed by atoms with Crippen LogP contribution >= 0.6 is 0 Å². The van der Waals surface area contributed by atoms with E-state index in [1.54, 1.807) is 0 Å². The number of quaternary nitrogens is 1. The highest BCUT2D eigenvalue weighted by molar-refractivity contribution is 5.99. The molecule has 0 saturated carbocycles. The molecule has 4 aliphatic rings. The molecule has 2 bridgehead atoms. The number of rotatable bonds is 4. The summed E-state index contributed by atoms with van der Waals surface area (Å²) in [5, 5.41) is 11.8. The minimum atomic E-state index is -0.504. The Morgan fingerprint density at radius 3 is 2.14 bits per heavy atom. The molecule has 7 rings (SSSR count).